The second-order valence-electron chi connectivity index (χ2n) is 5.67. The summed E-state index contributed by atoms with van der Waals surface area (Å²) in [5.74, 6) is 0.116. The van der Waals surface area contributed by atoms with E-state index < -0.39 is 10.0 Å². The molecule has 1 fully saturated rings. The molecule has 3 heterocycles. The molecule has 0 bridgehead atoms. The van der Waals surface area contributed by atoms with Crippen LogP contribution >= 0.6 is 0 Å². The van der Waals surface area contributed by atoms with E-state index in [2.05, 4.69) is 20.3 Å². The summed E-state index contributed by atoms with van der Waals surface area (Å²) in [4.78, 5) is 24.6. The first-order valence-corrected chi connectivity index (χ1v) is 9.34. The minimum absolute atomic E-state index is 0.137. The molecule has 0 aromatic carbocycles. The molecule has 24 heavy (non-hydrogen) atoms. The number of piperidine rings is 1. The lowest BCUT2D eigenvalue weighted by Crippen LogP contribution is -2.40. The van der Waals surface area contributed by atoms with Gasteiger partial charge in [0.05, 0.1) is 24.3 Å². The van der Waals surface area contributed by atoms with E-state index in [0.717, 1.165) is 0 Å². The fraction of sp³-hybridized carbons (Fsp3) is 0.429. The van der Waals surface area contributed by atoms with Crippen LogP contribution < -0.4 is 5.32 Å². The lowest BCUT2D eigenvalue weighted by Gasteiger charge is -2.29. The van der Waals surface area contributed by atoms with E-state index in [1.54, 1.807) is 23.3 Å². The SMILES string of the molecule is CS(=O)(=O)N1CCC(C(=O)Nc2cnc(-n3ccnc3)nc2)CC1. The highest BCUT2D eigenvalue weighted by Crippen LogP contribution is 2.20. The average Bonchev–Trinajstić information content (AvgIpc) is 3.09. The van der Waals surface area contributed by atoms with Gasteiger partial charge in [-0.25, -0.2) is 27.7 Å². The zero-order valence-electron chi connectivity index (χ0n) is 13.2. The summed E-state index contributed by atoms with van der Waals surface area (Å²) in [5.41, 5.74) is 0.509. The van der Waals surface area contributed by atoms with E-state index in [1.807, 2.05) is 0 Å². The van der Waals surface area contributed by atoms with Crippen LogP contribution in [0.4, 0.5) is 5.69 Å². The van der Waals surface area contributed by atoms with Gasteiger partial charge in [-0.1, -0.05) is 0 Å². The molecule has 1 N–H and O–H groups in total. The smallest absolute Gasteiger partial charge is 0.234 e. The van der Waals surface area contributed by atoms with Gasteiger partial charge in [0.1, 0.15) is 6.33 Å². The lowest BCUT2D eigenvalue weighted by atomic mass is 9.97. The van der Waals surface area contributed by atoms with E-state index in [1.165, 1.54) is 23.0 Å². The summed E-state index contributed by atoms with van der Waals surface area (Å²) in [7, 11) is -3.19. The van der Waals surface area contributed by atoms with E-state index in [-0.39, 0.29) is 11.8 Å². The average molecular weight is 350 g/mol. The van der Waals surface area contributed by atoms with Crippen molar-refractivity contribution in [1.29, 1.82) is 0 Å². The standard InChI is InChI=1S/C14H18N6O3S/c1-24(22,23)20-5-2-11(3-6-20)13(21)18-12-8-16-14(17-9-12)19-7-4-15-10-19/h4,7-11H,2-3,5-6H2,1H3,(H,18,21). The lowest BCUT2D eigenvalue weighted by molar-refractivity contribution is -0.120. The number of carbonyl (C=O) groups is 1. The molecule has 0 aliphatic carbocycles. The van der Waals surface area contributed by atoms with Crippen molar-refractivity contribution >= 4 is 21.6 Å². The summed E-state index contributed by atoms with van der Waals surface area (Å²) in [6.45, 7) is 0.736. The van der Waals surface area contributed by atoms with Gasteiger partial charge in [0.15, 0.2) is 0 Å². The van der Waals surface area contributed by atoms with Gasteiger partial charge in [-0.2, -0.15) is 0 Å². The highest BCUT2D eigenvalue weighted by Gasteiger charge is 2.28. The molecule has 0 unspecified atom stereocenters. The number of sulfonamides is 1. The quantitative estimate of drug-likeness (QED) is 0.848. The molecular weight excluding hydrogens is 332 g/mol. The second-order valence-corrected chi connectivity index (χ2v) is 7.65. The highest BCUT2D eigenvalue weighted by molar-refractivity contribution is 7.88. The molecular formula is C14H18N6O3S. The molecule has 1 saturated heterocycles. The first-order valence-electron chi connectivity index (χ1n) is 7.50. The van der Waals surface area contributed by atoms with Crippen LogP contribution in [0.5, 0.6) is 0 Å². The third-order valence-electron chi connectivity index (χ3n) is 3.93. The fourth-order valence-electron chi connectivity index (χ4n) is 2.59. The number of nitrogens with zero attached hydrogens (tertiary/aromatic N) is 5. The predicted molar refractivity (Wildman–Crippen MR) is 86.9 cm³/mol. The molecule has 2 aromatic rings. The molecule has 1 aliphatic heterocycles. The third-order valence-corrected chi connectivity index (χ3v) is 5.24. The molecule has 0 atom stereocenters. The maximum Gasteiger partial charge on any atom is 0.234 e. The molecule has 0 radical (unpaired) electrons. The minimum Gasteiger partial charge on any atom is -0.323 e. The van der Waals surface area contributed by atoms with Gasteiger partial charge < -0.3 is 5.32 Å². The number of amides is 1. The number of anilines is 1. The molecule has 3 rings (SSSR count). The Bertz CT molecular complexity index is 796. The van der Waals surface area contributed by atoms with Gasteiger partial charge >= 0.3 is 0 Å². The Hall–Kier alpha value is -2.33. The van der Waals surface area contributed by atoms with Gasteiger partial charge in [0, 0.05) is 31.4 Å². The van der Waals surface area contributed by atoms with Crippen LogP contribution in [0.3, 0.4) is 0 Å². The van der Waals surface area contributed by atoms with Crippen LogP contribution in [0.25, 0.3) is 5.95 Å². The third kappa shape index (κ3) is 3.77. The Morgan fingerprint density at radius 3 is 2.46 bits per heavy atom. The van der Waals surface area contributed by atoms with Crippen molar-refractivity contribution in [3.05, 3.63) is 31.1 Å². The molecule has 0 saturated carbocycles. The molecule has 2 aromatic heterocycles. The maximum atomic E-state index is 12.3. The summed E-state index contributed by atoms with van der Waals surface area (Å²) >= 11 is 0. The van der Waals surface area contributed by atoms with E-state index >= 15 is 0 Å². The van der Waals surface area contributed by atoms with Crippen LogP contribution in [0.15, 0.2) is 31.1 Å². The van der Waals surface area contributed by atoms with Crippen molar-refractivity contribution in [2.45, 2.75) is 12.8 Å². The molecule has 128 valence electrons. The Morgan fingerprint density at radius 1 is 1.25 bits per heavy atom. The van der Waals surface area contributed by atoms with Gasteiger partial charge in [0.2, 0.25) is 21.9 Å². The Morgan fingerprint density at radius 2 is 1.92 bits per heavy atom. The van der Waals surface area contributed by atoms with Crippen molar-refractivity contribution in [2.75, 3.05) is 24.7 Å². The zero-order valence-corrected chi connectivity index (χ0v) is 14.0. The number of carbonyl (C=O) groups excluding carboxylic acids is 1. The van der Waals surface area contributed by atoms with Crippen molar-refractivity contribution in [1.82, 2.24) is 23.8 Å². The monoisotopic (exact) mass is 350 g/mol. The first-order chi connectivity index (χ1) is 11.4. The molecule has 10 heteroatoms. The second kappa shape index (κ2) is 6.65. The van der Waals surface area contributed by atoms with Crippen LogP contribution in [-0.4, -0.2) is 57.5 Å². The predicted octanol–water partition coefficient (Wildman–Crippen LogP) is 0.272. The van der Waals surface area contributed by atoms with Crippen molar-refractivity contribution < 1.29 is 13.2 Å². The minimum atomic E-state index is -3.19. The van der Waals surface area contributed by atoms with E-state index in [0.29, 0.717) is 37.6 Å². The van der Waals surface area contributed by atoms with Crippen LogP contribution in [0.1, 0.15) is 12.8 Å². The van der Waals surface area contributed by atoms with Gasteiger partial charge in [-0.3, -0.25) is 9.36 Å². The van der Waals surface area contributed by atoms with Crippen molar-refractivity contribution in [3.8, 4) is 5.95 Å². The normalized spacial score (nSPS) is 16.9. The van der Waals surface area contributed by atoms with Crippen LogP contribution in [0.2, 0.25) is 0 Å². The fourth-order valence-corrected chi connectivity index (χ4v) is 3.46. The Labute approximate surface area is 139 Å². The van der Waals surface area contributed by atoms with Crippen LogP contribution in [-0.2, 0) is 14.8 Å². The van der Waals surface area contributed by atoms with Gasteiger partial charge in [-0.15, -0.1) is 0 Å². The summed E-state index contributed by atoms with van der Waals surface area (Å²) < 4.78 is 26.0. The number of imidazole rings is 1. The van der Waals surface area contributed by atoms with Crippen molar-refractivity contribution in [2.24, 2.45) is 5.92 Å². The van der Waals surface area contributed by atoms with Gasteiger partial charge in [-0.05, 0) is 12.8 Å². The number of nitrogens with one attached hydrogen (secondary N) is 1. The molecule has 1 aliphatic rings. The number of rotatable bonds is 4. The first kappa shape index (κ1) is 16.5. The highest BCUT2D eigenvalue weighted by atomic mass is 32.2. The largest absolute Gasteiger partial charge is 0.323 e. The summed E-state index contributed by atoms with van der Waals surface area (Å²) in [6, 6.07) is 0. The zero-order chi connectivity index (χ0) is 17.2. The Balaban J connectivity index is 1.58. The molecule has 9 nitrogen and oxygen atoms in total. The number of hydrogen-bond acceptors (Lipinski definition) is 6. The number of hydrogen-bond donors (Lipinski definition) is 1. The summed E-state index contributed by atoms with van der Waals surface area (Å²) in [5, 5.41) is 2.78. The van der Waals surface area contributed by atoms with Crippen molar-refractivity contribution in [3.63, 3.8) is 0 Å². The number of aromatic nitrogens is 4. The van der Waals surface area contributed by atoms with E-state index in [4.69, 9.17) is 0 Å². The molecule has 1 amide bonds. The Kier molecular flexibility index (Phi) is 4.58. The topological polar surface area (TPSA) is 110 Å². The molecule has 0 spiro atoms. The summed E-state index contributed by atoms with van der Waals surface area (Å²) in [6.07, 6.45) is 10.2. The maximum absolute atomic E-state index is 12.3. The van der Waals surface area contributed by atoms with Gasteiger partial charge in [0.25, 0.3) is 0 Å². The van der Waals surface area contributed by atoms with Crippen LogP contribution in [0, 0.1) is 5.92 Å². The van der Waals surface area contributed by atoms with E-state index in [9.17, 15) is 13.2 Å².